The van der Waals surface area contributed by atoms with Gasteiger partial charge in [0.05, 0.1) is 24.2 Å². The van der Waals surface area contributed by atoms with Crippen molar-refractivity contribution < 1.29 is 17.6 Å². The van der Waals surface area contributed by atoms with Crippen LogP contribution in [0.15, 0.2) is 33.8 Å². The molecule has 3 rings (SSSR count). The Kier molecular flexibility index (Phi) is 5.55. The number of hydrogen-bond donors (Lipinski definition) is 0. The first-order valence-electron chi connectivity index (χ1n) is 9.23. The van der Waals surface area contributed by atoms with Crippen molar-refractivity contribution in [3.05, 3.63) is 58.6 Å². The van der Waals surface area contributed by atoms with Gasteiger partial charge in [-0.3, -0.25) is 9.48 Å². The first-order valence-corrected chi connectivity index (χ1v) is 10.7. The van der Waals surface area contributed by atoms with Crippen LogP contribution in [0.2, 0.25) is 0 Å². The zero-order chi connectivity index (χ0) is 21.5. The molecule has 29 heavy (non-hydrogen) atoms. The number of nitrogens with zero attached hydrogens (tertiary/aromatic N) is 4. The van der Waals surface area contributed by atoms with Crippen molar-refractivity contribution in [2.24, 2.45) is 7.05 Å². The smallest absolute Gasteiger partial charge is 0.246 e. The Morgan fingerprint density at radius 2 is 1.90 bits per heavy atom. The standard InChI is InChI=1S/C20H26N4O4S/c1-13-10-18(15(3)23(13)6)19(25)12-24-16(4)20(14(2)21-24)29(26,27)22(5)11-17-8-7-9-28-17/h7-10H,11-12H2,1-6H3. The molecule has 0 fully saturated rings. The molecular weight excluding hydrogens is 392 g/mol. The average Bonchev–Trinajstić information content (AvgIpc) is 3.31. The zero-order valence-electron chi connectivity index (χ0n) is 17.6. The van der Waals surface area contributed by atoms with Crippen molar-refractivity contribution in [2.75, 3.05) is 7.05 Å². The Balaban J connectivity index is 1.89. The van der Waals surface area contributed by atoms with Gasteiger partial charge in [0.25, 0.3) is 0 Å². The summed E-state index contributed by atoms with van der Waals surface area (Å²) in [5.41, 5.74) is 3.29. The van der Waals surface area contributed by atoms with E-state index in [9.17, 15) is 13.2 Å². The van der Waals surface area contributed by atoms with Crippen LogP contribution in [0, 0.1) is 27.7 Å². The van der Waals surface area contributed by atoms with Gasteiger partial charge < -0.3 is 8.98 Å². The molecule has 0 amide bonds. The lowest BCUT2D eigenvalue weighted by Crippen LogP contribution is -2.27. The first-order chi connectivity index (χ1) is 13.5. The Morgan fingerprint density at radius 3 is 2.45 bits per heavy atom. The van der Waals surface area contributed by atoms with E-state index in [0.717, 1.165) is 11.4 Å². The SMILES string of the molecule is Cc1nn(CC(=O)c2cc(C)n(C)c2C)c(C)c1S(=O)(=O)N(C)Cc1ccco1. The van der Waals surface area contributed by atoms with Crippen LogP contribution in [0.1, 0.15) is 38.9 Å². The third-order valence-corrected chi connectivity index (χ3v) is 7.37. The molecule has 0 radical (unpaired) electrons. The fraction of sp³-hybridized carbons (Fsp3) is 0.400. The molecule has 3 aromatic heterocycles. The van der Waals surface area contributed by atoms with Gasteiger partial charge in [-0.05, 0) is 45.9 Å². The van der Waals surface area contributed by atoms with E-state index in [1.807, 2.05) is 31.5 Å². The minimum atomic E-state index is -3.79. The summed E-state index contributed by atoms with van der Waals surface area (Å²) in [5.74, 6) is 0.438. The van der Waals surface area contributed by atoms with Gasteiger partial charge in [-0.15, -0.1) is 0 Å². The van der Waals surface area contributed by atoms with Crippen LogP contribution in [0.5, 0.6) is 0 Å². The maximum atomic E-state index is 13.1. The van der Waals surface area contributed by atoms with E-state index in [0.29, 0.717) is 22.7 Å². The van der Waals surface area contributed by atoms with Crippen LogP contribution in [-0.4, -0.2) is 39.9 Å². The van der Waals surface area contributed by atoms with Crippen molar-refractivity contribution in [1.82, 2.24) is 18.7 Å². The van der Waals surface area contributed by atoms with Crippen LogP contribution in [0.25, 0.3) is 0 Å². The third-order valence-electron chi connectivity index (χ3n) is 5.31. The molecule has 0 atom stereocenters. The molecule has 0 spiro atoms. The number of sulfonamides is 1. The number of carbonyl (C=O) groups excluding carboxylic acids is 1. The minimum Gasteiger partial charge on any atom is -0.468 e. The van der Waals surface area contributed by atoms with Gasteiger partial charge in [0.2, 0.25) is 10.0 Å². The molecule has 0 bridgehead atoms. The monoisotopic (exact) mass is 418 g/mol. The number of carbonyl (C=O) groups is 1. The summed E-state index contributed by atoms with van der Waals surface area (Å²) in [5, 5.41) is 4.34. The molecule has 0 aliphatic heterocycles. The largest absolute Gasteiger partial charge is 0.468 e. The van der Waals surface area contributed by atoms with Crippen molar-refractivity contribution in [1.29, 1.82) is 0 Å². The van der Waals surface area contributed by atoms with E-state index in [2.05, 4.69) is 5.10 Å². The van der Waals surface area contributed by atoms with Crippen LogP contribution >= 0.6 is 0 Å². The average molecular weight is 419 g/mol. The van der Waals surface area contributed by atoms with Gasteiger partial charge >= 0.3 is 0 Å². The maximum Gasteiger partial charge on any atom is 0.246 e. The van der Waals surface area contributed by atoms with Gasteiger partial charge in [0, 0.05) is 31.0 Å². The summed E-state index contributed by atoms with van der Waals surface area (Å²) in [6.45, 7) is 7.23. The second kappa shape index (κ2) is 7.64. The quantitative estimate of drug-likeness (QED) is 0.550. The topological polar surface area (TPSA) is 90.3 Å². The van der Waals surface area contributed by atoms with E-state index in [-0.39, 0.29) is 23.8 Å². The summed E-state index contributed by atoms with van der Waals surface area (Å²) in [4.78, 5) is 12.9. The molecule has 0 unspecified atom stereocenters. The summed E-state index contributed by atoms with van der Waals surface area (Å²) >= 11 is 0. The van der Waals surface area contributed by atoms with Gasteiger partial charge in [-0.1, -0.05) is 0 Å². The number of aryl methyl sites for hydroxylation is 2. The molecule has 0 saturated heterocycles. The van der Waals surface area contributed by atoms with E-state index in [1.54, 1.807) is 26.0 Å². The second-order valence-corrected chi connectivity index (χ2v) is 9.25. The fourth-order valence-corrected chi connectivity index (χ4v) is 4.93. The Labute approximate surface area is 170 Å². The highest BCUT2D eigenvalue weighted by Gasteiger charge is 2.30. The van der Waals surface area contributed by atoms with Crippen LogP contribution in [0.4, 0.5) is 0 Å². The highest BCUT2D eigenvalue weighted by atomic mass is 32.2. The number of furan rings is 1. The van der Waals surface area contributed by atoms with E-state index >= 15 is 0 Å². The van der Waals surface area contributed by atoms with Crippen LogP contribution in [0.3, 0.4) is 0 Å². The Bertz CT molecular complexity index is 1150. The van der Waals surface area contributed by atoms with E-state index in [4.69, 9.17) is 4.42 Å². The van der Waals surface area contributed by atoms with Crippen molar-refractivity contribution in [3.63, 3.8) is 0 Å². The predicted octanol–water partition coefficient (Wildman–Crippen LogP) is 2.75. The number of Topliss-reactive ketones (excluding diaryl/α,β-unsaturated/α-hetero) is 1. The molecule has 0 aromatic carbocycles. The molecule has 3 aromatic rings. The van der Waals surface area contributed by atoms with Crippen LogP contribution in [-0.2, 0) is 30.2 Å². The molecule has 156 valence electrons. The van der Waals surface area contributed by atoms with Crippen molar-refractivity contribution in [2.45, 2.75) is 45.7 Å². The van der Waals surface area contributed by atoms with Gasteiger partial charge in [-0.25, -0.2) is 8.42 Å². The van der Waals surface area contributed by atoms with Gasteiger partial charge in [0.15, 0.2) is 5.78 Å². The lowest BCUT2D eigenvalue weighted by atomic mass is 10.1. The molecule has 0 saturated carbocycles. The molecule has 0 aliphatic rings. The van der Waals surface area contributed by atoms with Crippen LogP contribution < -0.4 is 0 Å². The summed E-state index contributed by atoms with van der Waals surface area (Å²) < 4.78 is 36.1. The maximum absolute atomic E-state index is 13.1. The summed E-state index contributed by atoms with van der Waals surface area (Å²) in [6, 6.07) is 5.28. The molecule has 0 N–H and O–H groups in total. The number of ketones is 1. The summed E-state index contributed by atoms with van der Waals surface area (Å²) in [6.07, 6.45) is 1.50. The van der Waals surface area contributed by atoms with Crippen molar-refractivity contribution >= 4 is 15.8 Å². The number of aromatic nitrogens is 3. The molecule has 9 heteroatoms. The second-order valence-electron chi connectivity index (χ2n) is 7.27. The zero-order valence-corrected chi connectivity index (χ0v) is 18.4. The highest BCUT2D eigenvalue weighted by Crippen LogP contribution is 2.25. The third kappa shape index (κ3) is 3.79. The summed E-state index contributed by atoms with van der Waals surface area (Å²) in [7, 11) is -0.390. The molecule has 0 aliphatic carbocycles. The predicted molar refractivity (Wildman–Crippen MR) is 108 cm³/mol. The lowest BCUT2D eigenvalue weighted by Gasteiger charge is -2.16. The Hall–Kier alpha value is -2.65. The molecular formula is C20H26N4O4S. The number of hydrogen-bond acceptors (Lipinski definition) is 5. The first kappa shape index (κ1) is 21.1. The number of rotatable bonds is 7. The van der Waals surface area contributed by atoms with E-state index < -0.39 is 10.0 Å². The minimum absolute atomic E-state index is 0.0195. The normalized spacial score (nSPS) is 12.1. The van der Waals surface area contributed by atoms with Gasteiger partial charge in [0.1, 0.15) is 17.2 Å². The van der Waals surface area contributed by atoms with Gasteiger partial charge in [-0.2, -0.15) is 9.40 Å². The fourth-order valence-electron chi connectivity index (χ4n) is 3.43. The molecule has 8 nitrogen and oxygen atoms in total. The Morgan fingerprint density at radius 1 is 1.21 bits per heavy atom. The molecule has 3 heterocycles. The van der Waals surface area contributed by atoms with Crippen molar-refractivity contribution in [3.8, 4) is 0 Å². The van der Waals surface area contributed by atoms with E-state index in [1.165, 1.54) is 22.3 Å². The lowest BCUT2D eigenvalue weighted by molar-refractivity contribution is 0.0966. The highest BCUT2D eigenvalue weighted by molar-refractivity contribution is 7.89.